The number of hydrogen-bond donors (Lipinski definition) is 1. The first kappa shape index (κ1) is 9.48. The van der Waals surface area contributed by atoms with E-state index >= 15 is 0 Å². The smallest absolute Gasteiger partial charge is 0.432 e. The molecule has 0 radical (unpaired) electrons. The van der Waals surface area contributed by atoms with Crippen molar-refractivity contribution in [2.24, 2.45) is 0 Å². The molecule has 4 nitrogen and oxygen atoms in total. The summed E-state index contributed by atoms with van der Waals surface area (Å²) in [4.78, 5) is 15.7. The fraction of sp³-hybridized carbons (Fsp3) is 0.222. The van der Waals surface area contributed by atoms with Gasteiger partial charge in [-0.15, -0.1) is 0 Å². The average Bonchev–Trinajstić information content (AvgIpc) is 2.18. The van der Waals surface area contributed by atoms with E-state index in [1.807, 2.05) is 24.3 Å². The van der Waals surface area contributed by atoms with Crippen molar-refractivity contribution in [3.63, 3.8) is 0 Å². The third-order valence-corrected chi connectivity index (χ3v) is 2.35. The Morgan fingerprint density at radius 2 is 2.36 bits per heavy atom. The monoisotopic (exact) mass is 257 g/mol. The third kappa shape index (κ3) is 2.05. The Morgan fingerprint density at radius 3 is 3.07 bits per heavy atom. The lowest BCUT2D eigenvalue weighted by Gasteiger charge is -2.22. The largest absolute Gasteiger partial charge is 0.437 e. The van der Waals surface area contributed by atoms with Crippen molar-refractivity contribution in [3.8, 4) is 0 Å². The quantitative estimate of drug-likeness (QED) is 0.839. The highest BCUT2D eigenvalue weighted by Gasteiger charge is 2.22. The number of carbonyl (C=O) groups excluding carboxylic acids is 1. The van der Waals surface area contributed by atoms with Crippen molar-refractivity contribution in [2.45, 2.75) is 6.10 Å². The maximum Gasteiger partial charge on any atom is 0.432 e. The molecule has 0 aliphatic carbocycles. The minimum Gasteiger partial charge on any atom is -0.437 e. The maximum absolute atomic E-state index is 10.9. The molecule has 1 heterocycles. The first-order valence-corrected chi connectivity index (χ1v) is 4.89. The van der Waals surface area contributed by atoms with E-state index < -0.39 is 6.09 Å². The van der Waals surface area contributed by atoms with Crippen LogP contribution in [0, 0.1) is 0 Å². The zero-order valence-electron chi connectivity index (χ0n) is 7.20. The summed E-state index contributed by atoms with van der Waals surface area (Å²) < 4.78 is 5.98. The molecule has 1 fully saturated rings. The predicted molar refractivity (Wildman–Crippen MR) is 52.5 cm³/mol. The Morgan fingerprint density at radius 1 is 1.50 bits per heavy atom. The minimum absolute atomic E-state index is 0.322. The fourth-order valence-electron chi connectivity index (χ4n) is 1.23. The van der Waals surface area contributed by atoms with Gasteiger partial charge in [-0.1, -0.05) is 28.1 Å². The second-order valence-corrected chi connectivity index (χ2v) is 3.78. The van der Waals surface area contributed by atoms with E-state index in [9.17, 15) is 4.79 Å². The van der Waals surface area contributed by atoms with Gasteiger partial charge in [-0.2, -0.15) is 5.48 Å². The number of carbonyl (C=O) groups is 1. The van der Waals surface area contributed by atoms with Gasteiger partial charge < -0.3 is 4.74 Å². The number of hydroxylamine groups is 1. The Labute approximate surface area is 89.3 Å². The van der Waals surface area contributed by atoms with Crippen LogP contribution < -0.4 is 5.48 Å². The van der Waals surface area contributed by atoms with Crippen LogP contribution in [0.2, 0.25) is 0 Å². The maximum atomic E-state index is 10.9. The zero-order chi connectivity index (χ0) is 9.97. The van der Waals surface area contributed by atoms with Gasteiger partial charge in [0.25, 0.3) is 0 Å². The van der Waals surface area contributed by atoms with E-state index in [-0.39, 0.29) is 6.10 Å². The van der Waals surface area contributed by atoms with Crippen LogP contribution in [0.3, 0.4) is 0 Å². The number of amides is 1. The Balaban J connectivity index is 2.17. The average molecular weight is 258 g/mol. The number of cyclic esters (lactones) is 1. The lowest BCUT2D eigenvalue weighted by Crippen LogP contribution is -2.35. The molecule has 0 bridgehead atoms. The third-order valence-electron chi connectivity index (χ3n) is 1.86. The molecular formula is C9H8BrNO3. The van der Waals surface area contributed by atoms with Crippen molar-refractivity contribution in [2.75, 3.05) is 6.61 Å². The first-order valence-electron chi connectivity index (χ1n) is 4.09. The second kappa shape index (κ2) is 3.98. The molecule has 1 N–H and O–H groups in total. The van der Waals surface area contributed by atoms with Gasteiger partial charge in [0.1, 0.15) is 6.61 Å². The van der Waals surface area contributed by atoms with Crippen molar-refractivity contribution in [3.05, 3.63) is 34.3 Å². The molecule has 1 amide bonds. The molecule has 0 aromatic heterocycles. The number of ether oxygens (including phenoxy) is 1. The Kier molecular flexibility index (Phi) is 2.69. The van der Waals surface area contributed by atoms with Crippen LogP contribution in [0.25, 0.3) is 0 Å². The minimum atomic E-state index is -0.554. The number of rotatable bonds is 1. The van der Waals surface area contributed by atoms with Gasteiger partial charge in [-0.3, -0.25) is 4.84 Å². The normalized spacial score (nSPS) is 21.2. The summed E-state index contributed by atoms with van der Waals surface area (Å²) in [6.45, 7) is 0.322. The standard InChI is InChI=1S/C9H8BrNO3/c10-7-3-1-2-6(4-7)8-5-13-11-9(12)14-8/h1-4,8H,5H2,(H,11,12). The van der Waals surface area contributed by atoms with Crippen LogP contribution in [0.5, 0.6) is 0 Å². The number of nitrogens with one attached hydrogen (secondary N) is 1. The molecule has 14 heavy (non-hydrogen) atoms. The molecule has 0 spiro atoms. The predicted octanol–water partition coefficient (Wildman–Crippen LogP) is 2.16. The summed E-state index contributed by atoms with van der Waals surface area (Å²) in [6, 6.07) is 7.58. The highest BCUT2D eigenvalue weighted by molar-refractivity contribution is 9.10. The van der Waals surface area contributed by atoms with Gasteiger partial charge in [-0.05, 0) is 17.7 Å². The fourth-order valence-corrected chi connectivity index (χ4v) is 1.65. The van der Waals surface area contributed by atoms with Gasteiger partial charge in [0.15, 0.2) is 6.10 Å². The van der Waals surface area contributed by atoms with E-state index in [2.05, 4.69) is 21.4 Å². The zero-order valence-corrected chi connectivity index (χ0v) is 8.78. The van der Waals surface area contributed by atoms with E-state index in [0.29, 0.717) is 6.61 Å². The Hall–Kier alpha value is -1.07. The lowest BCUT2D eigenvalue weighted by atomic mass is 10.1. The topological polar surface area (TPSA) is 47.6 Å². The molecule has 1 aromatic carbocycles. The summed E-state index contributed by atoms with van der Waals surface area (Å²) in [7, 11) is 0. The van der Waals surface area contributed by atoms with Crippen molar-refractivity contribution in [1.82, 2.24) is 5.48 Å². The number of halogens is 1. The number of hydrogen-bond acceptors (Lipinski definition) is 3. The molecule has 0 saturated carbocycles. The highest BCUT2D eigenvalue weighted by Crippen LogP contribution is 2.23. The van der Waals surface area contributed by atoms with E-state index in [0.717, 1.165) is 10.0 Å². The highest BCUT2D eigenvalue weighted by atomic mass is 79.9. The van der Waals surface area contributed by atoms with Gasteiger partial charge in [0.05, 0.1) is 0 Å². The van der Waals surface area contributed by atoms with Crippen molar-refractivity contribution < 1.29 is 14.4 Å². The van der Waals surface area contributed by atoms with E-state index in [1.165, 1.54) is 0 Å². The van der Waals surface area contributed by atoms with E-state index in [4.69, 9.17) is 9.57 Å². The molecule has 1 aliphatic heterocycles. The SMILES string of the molecule is O=C1NOCC(c2cccc(Br)c2)O1. The van der Waals surface area contributed by atoms with Gasteiger partial charge >= 0.3 is 6.09 Å². The molecular weight excluding hydrogens is 250 g/mol. The van der Waals surface area contributed by atoms with Crippen LogP contribution in [-0.2, 0) is 9.57 Å². The summed E-state index contributed by atoms with van der Waals surface area (Å²) in [5, 5.41) is 0. The lowest BCUT2D eigenvalue weighted by molar-refractivity contribution is -0.0744. The summed E-state index contributed by atoms with van der Waals surface area (Å²) >= 11 is 3.35. The first-order chi connectivity index (χ1) is 6.75. The van der Waals surface area contributed by atoms with Crippen LogP contribution in [0.15, 0.2) is 28.7 Å². The van der Waals surface area contributed by atoms with Crippen LogP contribution in [0.1, 0.15) is 11.7 Å². The molecule has 74 valence electrons. The van der Waals surface area contributed by atoms with Gasteiger partial charge in [0.2, 0.25) is 0 Å². The molecule has 1 saturated heterocycles. The molecule has 2 rings (SSSR count). The van der Waals surface area contributed by atoms with Crippen LogP contribution >= 0.6 is 15.9 Å². The van der Waals surface area contributed by atoms with Gasteiger partial charge in [-0.25, -0.2) is 4.79 Å². The van der Waals surface area contributed by atoms with E-state index in [1.54, 1.807) is 0 Å². The molecule has 1 atom stereocenters. The second-order valence-electron chi connectivity index (χ2n) is 2.86. The van der Waals surface area contributed by atoms with Gasteiger partial charge in [0, 0.05) is 4.47 Å². The summed E-state index contributed by atoms with van der Waals surface area (Å²) in [5.41, 5.74) is 3.03. The molecule has 1 aliphatic rings. The number of benzene rings is 1. The molecule has 1 aromatic rings. The summed E-state index contributed by atoms with van der Waals surface area (Å²) in [6.07, 6.45) is -0.887. The summed E-state index contributed by atoms with van der Waals surface area (Å²) in [5.74, 6) is 0. The van der Waals surface area contributed by atoms with Crippen molar-refractivity contribution in [1.29, 1.82) is 0 Å². The van der Waals surface area contributed by atoms with Crippen LogP contribution in [0.4, 0.5) is 4.79 Å². The molecule has 1 unspecified atom stereocenters. The van der Waals surface area contributed by atoms with Crippen molar-refractivity contribution >= 4 is 22.0 Å². The Bertz CT molecular complexity index is 356. The van der Waals surface area contributed by atoms with Crippen LogP contribution in [-0.4, -0.2) is 12.7 Å². The molecule has 5 heteroatoms.